The third-order valence-corrected chi connectivity index (χ3v) is 10.3. The zero-order valence-electron chi connectivity index (χ0n) is 26.7. The van der Waals surface area contributed by atoms with Crippen LogP contribution in [0.2, 0.25) is 0 Å². The molecule has 4 fully saturated rings. The van der Waals surface area contributed by atoms with E-state index in [1.807, 2.05) is 13.8 Å². The van der Waals surface area contributed by atoms with E-state index in [1.165, 1.54) is 4.90 Å². The lowest BCUT2D eigenvalue weighted by atomic mass is 9.70. The van der Waals surface area contributed by atoms with Crippen LogP contribution in [0.5, 0.6) is 0 Å². The molecule has 13 heteroatoms. The van der Waals surface area contributed by atoms with Crippen LogP contribution in [0, 0.1) is 17.8 Å². The molecule has 45 heavy (non-hydrogen) atoms. The van der Waals surface area contributed by atoms with E-state index in [0.29, 0.717) is 39.1 Å². The number of esters is 1. The summed E-state index contributed by atoms with van der Waals surface area (Å²) in [4.78, 5) is 60.0. The van der Waals surface area contributed by atoms with E-state index in [9.17, 15) is 24.3 Å². The summed E-state index contributed by atoms with van der Waals surface area (Å²) < 4.78 is 17.9. The number of nitrogens with one attached hydrogen (secondary N) is 1. The Morgan fingerprint density at radius 3 is 2.56 bits per heavy atom. The van der Waals surface area contributed by atoms with E-state index >= 15 is 0 Å². The molecule has 4 heterocycles. The second-order valence-electron chi connectivity index (χ2n) is 12.8. The number of alkyl halides is 1. The largest absolute Gasteiger partial charge is 0.460 e. The zero-order valence-corrected chi connectivity index (χ0v) is 28.3. The van der Waals surface area contributed by atoms with E-state index < -0.39 is 47.7 Å². The summed E-state index contributed by atoms with van der Waals surface area (Å²) in [5.74, 6) is -3.54. The quantitative estimate of drug-likeness (QED) is 0.138. The number of carbonyl (C=O) groups is 4. The predicted octanol–water partition coefficient (Wildman–Crippen LogP) is 1.11. The van der Waals surface area contributed by atoms with Gasteiger partial charge < -0.3 is 34.4 Å². The first-order chi connectivity index (χ1) is 21.5. The summed E-state index contributed by atoms with van der Waals surface area (Å²) in [6.45, 7) is 16.9. The van der Waals surface area contributed by atoms with Crippen LogP contribution in [0.15, 0.2) is 25.3 Å². The first-order valence-corrected chi connectivity index (χ1v) is 16.9. The van der Waals surface area contributed by atoms with Gasteiger partial charge in [-0.05, 0) is 25.7 Å². The number of aliphatic hydroxyl groups excluding tert-OH is 1. The molecular weight excluding hydrogens is 648 g/mol. The standard InChI is InChI=1S/C32H49BrN4O8/c1-6-8-9-24(39)34-18-21(5)44-31(42)25-26-29(40)37(23(19-38)20(3)4)28(32(26)17-22(33)27(25)45-32)30(41)36(10-7-2)12-11-35-13-15-43-16-14-35/h6-7,20-23,25-28,38H,1-2,8-19H2,3-5H3,(H,34,39)/t21-,22?,23-,25-,26+,27-,28-,32+/m0/s1. The van der Waals surface area contributed by atoms with Crippen LogP contribution in [0.4, 0.5) is 0 Å². The van der Waals surface area contributed by atoms with Gasteiger partial charge in [-0.2, -0.15) is 0 Å². The van der Waals surface area contributed by atoms with Crippen molar-refractivity contribution >= 4 is 39.6 Å². The first kappa shape index (κ1) is 35.5. The molecule has 4 aliphatic heterocycles. The fourth-order valence-corrected chi connectivity index (χ4v) is 8.14. The Balaban J connectivity index is 1.61. The van der Waals surface area contributed by atoms with Crippen molar-refractivity contribution in [3.8, 4) is 0 Å². The molecule has 0 aromatic rings. The highest BCUT2D eigenvalue weighted by molar-refractivity contribution is 9.09. The fourth-order valence-electron chi connectivity index (χ4n) is 7.20. The Hall–Kier alpha value is -2.32. The van der Waals surface area contributed by atoms with Crippen LogP contribution >= 0.6 is 15.9 Å². The van der Waals surface area contributed by atoms with Gasteiger partial charge in [-0.25, -0.2) is 0 Å². The van der Waals surface area contributed by atoms with Crippen molar-refractivity contribution in [3.05, 3.63) is 25.3 Å². The van der Waals surface area contributed by atoms with Gasteiger partial charge in [0, 0.05) is 44.0 Å². The molecule has 252 valence electrons. The predicted molar refractivity (Wildman–Crippen MR) is 170 cm³/mol. The average Bonchev–Trinajstić information content (AvgIpc) is 3.61. The van der Waals surface area contributed by atoms with Crippen molar-refractivity contribution in [1.29, 1.82) is 0 Å². The van der Waals surface area contributed by atoms with Gasteiger partial charge in [-0.1, -0.05) is 41.9 Å². The number of fused-ring (bicyclic) bond motifs is 1. The number of morpholine rings is 1. The van der Waals surface area contributed by atoms with Gasteiger partial charge in [-0.15, -0.1) is 13.2 Å². The van der Waals surface area contributed by atoms with Gasteiger partial charge >= 0.3 is 5.97 Å². The number of likely N-dealkylation sites (tertiary alicyclic amines) is 1. The molecule has 4 rings (SSSR count). The Morgan fingerprint density at radius 2 is 1.93 bits per heavy atom. The second-order valence-corrected chi connectivity index (χ2v) is 14.0. The number of hydrogen-bond donors (Lipinski definition) is 2. The fraction of sp³-hybridized carbons (Fsp3) is 0.750. The average molecular weight is 698 g/mol. The molecule has 0 aromatic heterocycles. The van der Waals surface area contributed by atoms with Crippen molar-refractivity contribution in [2.45, 2.75) is 74.8 Å². The molecule has 2 N–H and O–H groups in total. The number of aliphatic hydroxyl groups is 1. The monoisotopic (exact) mass is 696 g/mol. The minimum atomic E-state index is -1.28. The molecule has 3 amide bonds. The summed E-state index contributed by atoms with van der Waals surface area (Å²) in [6.07, 6.45) is 3.17. The maximum atomic E-state index is 14.6. The van der Waals surface area contributed by atoms with Crippen molar-refractivity contribution in [1.82, 2.24) is 20.0 Å². The number of ether oxygens (including phenoxy) is 3. The van der Waals surface area contributed by atoms with Gasteiger partial charge in [-0.3, -0.25) is 24.1 Å². The van der Waals surface area contributed by atoms with Crippen LogP contribution in [0.3, 0.4) is 0 Å². The van der Waals surface area contributed by atoms with Crippen molar-refractivity contribution < 1.29 is 38.5 Å². The highest BCUT2D eigenvalue weighted by Crippen LogP contribution is 2.61. The van der Waals surface area contributed by atoms with Gasteiger partial charge in [0.05, 0.1) is 50.3 Å². The molecule has 0 radical (unpaired) electrons. The van der Waals surface area contributed by atoms with Crippen molar-refractivity contribution in [3.63, 3.8) is 0 Å². The third-order valence-electron chi connectivity index (χ3n) is 9.48. The number of amides is 3. The summed E-state index contributed by atoms with van der Waals surface area (Å²) in [5.41, 5.74) is -1.28. The summed E-state index contributed by atoms with van der Waals surface area (Å²) >= 11 is 3.69. The van der Waals surface area contributed by atoms with Crippen molar-refractivity contribution in [2.24, 2.45) is 17.8 Å². The maximum Gasteiger partial charge on any atom is 0.312 e. The molecule has 0 aliphatic carbocycles. The lowest BCUT2D eigenvalue weighted by molar-refractivity contribution is -0.160. The lowest BCUT2D eigenvalue weighted by Gasteiger charge is -2.41. The van der Waals surface area contributed by atoms with E-state index in [2.05, 4.69) is 39.3 Å². The minimum absolute atomic E-state index is 0.119. The second kappa shape index (κ2) is 15.5. The molecule has 0 saturated carbocycles. The van der Waals surface area contributed by atoms with Crippen LogP contribution in [-0.4, -0.2) is 137 Å². The molecule has 12 nitrogen and oxygen atoms in total. The van der Waals surface area contributed by atoms with Crippen LogP contribution in [0.25, 0.3) is 0 Å². The van der Waals surface area contributed by atoms with Crippen LogP contribution in [-0.2, 0) is 33.4 Å². The molecule has 2 bridgehead atoms. The molecule has 1 unspecified atom stereocenters. The molecule has 4 aliphatic rings. The molecule has 8 atom stereocenters. The maximum absolute atomic E-state index is 14.6. The number of carbonyl (C=O) groups excluding carboxylic acids is 4. The van der Waals surface area contributed by atoms with Gasteiger partial charge in [0.25, 0.3) is 0 Å². The zero-order chi connectivity index (χ0) is 32.9. The normalized spacial score (nSPS) is 30.6. The molecule has 4 saturated heterocycles. The molecule has 0 aromatic carbocycles. The molecule has 1 spiro atoms. The van der Waals surface area contributed by atoms with E-state index in [1.54, 1.807) is 24.0 Å². The Bertz CT molecular complexity index is 1120. The Morgan fingerprint density at radius 1 is 1.22 bits per heavy atom. The van der Waals surface area contributed by atoms with E-state index in [0.717, 1.165) is 13.1 Å². The topological polar surface area (TPSA) is 138 Å². The smallest absolute Gasteiger partial charge is 0.312 e. The van der Waals surface area contributed by atoms with Crippen LogP contribution < -0.4 is 5.32 Å². The van der Waals surface area contributed by atoms with Crippen LogP contribution in [0.1, 0.15) is 40.0 Å². The Labute approximate surface area is 274 Å². The first-order valence-electron chi connectivity index (χ1n) is 16.0. The number of nitrogens with zero attached hydrogens (tertiary/aromatic N) is 3. The third kappa shape index (κ3) is 7.32. The minimum Gasteiger partial charge on any atom is -0.460 e. The Kier molecular flexibility index (Phi) is 12.2. The SMILES string of the molecule is C=CCCC(=O)NC[C@H](C)OC(=O)[C@@H]1[C@H]2O[C@@]3(CC2Br)[C@H](C(=O)N(CC=C)CCN2CCOCC2)N([C@@H](CO)C(C)C)C(=O)[C@@H]13. The summed E-state index contributed by atoms with van der Waals surface area (Å²) in [6, 6.07) is -1.70. The number of hydrogen-bond acceptors (Lipinski definition) is 9. The van der Waals surface area contributed by atoms with Crippen molar-refractivity contribution in [2.75, 3.05) is 59.1 Å². The number of rotatable bonds is 16. The lowest BCUT2D eigenvalue weighted by Crippen LogP contribution is -2.60. The van der Waals surface area contributed by atoms with Gasteiger partial charge in [0.15, 0.2) is 0 Å². The van der Waals surface area contributed by atoms with Gasteiger partial charge in [0.2, 0.25) is 17.7 Å². The van der Waals surface area contributed by atoms with E-state index in [-0.39, 0.29) is 54.6 Å². The van der Waals surface area contributed by atoms with Gasteiger partial charge in [0.1, 0.15) is 17.7 Å². The van der Waals surface area contributed by atoms with E-state index in [4.69, 9.17) is 14.2 Å². The highest BCUT2D eigenvalue weighted by atomic mass is 79.9. The number of halogens is 1. The number of allylic oxidation sites excluding steroid dienone is 1. The summed E-state index contributed by atoms with van der Waals surface area (Å²) in [5, 5.41) is 13.2. The molecular formula is C32H49BrN4O8. The summed E-state index contributed by atoms with van der Waals surface area (Å²) in [7, 11) is 0. The highest BCUT2D eigenvalue weighted by Gasteiger charge is 2.77.